The molecule has 0 atom stereocenters. The van der Waals surface area contributed by atoms with Crippen molar-refractivity contribution < 1.29 is 0 Å². The second-order valence-electron chi connectivity index (χ2n) is 2.06. The first-order valence-electron chi connectivity index (χ1n) is 3.06. The zero-order valence-electron chi connectivity index (χ0n) is 5.81. The molecule has 0 saturated carbocycles. The minimum absolute atomic E-state index is 1.01. The van der Waals surface area contributed by atoms with Crippen molar-refractivity contribution in [1.29, 1.82) is 0 Å². The number of hydrogen-bond acceptors (Lipinski definition) is 3. The molecule has 52 valence electrons. The summed E-state index contributed by atoms with van der Waals surface area (Å²) in [5.41, 5.74) is 7.09. The highest BCUT2D eigenvalue weighted by atomic mass is 15.7. The first-order valence-corrected chi connectivity index (χ1v) is 3.06. The van der Waals surface area contributed by atoms with E-state index in [1.165, 1.54) is 5.70 Å². The predicted octanol–water partition coefficient (Wildman–Crippen LogP) is 0.397. The van der Waals surface area contributed by atoms with Crippen LogP contribution >= 0.6 is 0 Å². The van der Waals surface area contributed by atoms with Crippen molar-refractivity contribution >= 4 is 0 Å². The quantitative estimate of drug-likeness (QED) is 0.524. The van der Waals surface area contributed by atoms with Gasteiger partial charge in [0.1, 0.15) is 0 Å². The van der Waals surface area contributed by atoms with Crippen molar-refractivity contribution in [3.05, 3.63) is 18.3 Å². The molecule has 1 aliphatic heterocycles. The molecule has 0 aromatic carbocycles. The molecule has 0 amide bonds. The Morgan fingerprint density at radius 3 is 3.00 bits per heavy atom. The Morgan fingerprint density at radius 2 is 2.56 bits per heavy atom. The highest BCUT2D eigenvalue weighted by Crippen LogP contribution is 2.07. The number of hydrogen-bond donors (Lipinski definition) is 2. The fourth-order valence-corrected chi connectivity index (χ4v) is 0.786. The topological polar surface area (TPSA) is 27.3 Å². The van der Waals surface area contributed by atoms with Gasteiger partial charge in [-0.05, 0) is 0 Å². The Labute approximate surface area is 55.7 Å². The molecule has 0 aromatic heterocycles. The summed E-state index contributed by atoms with van der Waals surface area (Å²) in [6.07, 6.45) is 5.09. The molecule has 0 fully saturated rings. The SMILES string of the molecule is C[CH-]CC1=CNNN1C. The van der Waals surface area contributed by atoms with Crippen LogP contribution in [0.4, 0.5) is 0 Å². The van der Waals surface area contributed by atoms with Gasteiger partial charge in [-0.25, -0.2) is 0 Å². The number of hydrazine groups is 2. The van der Waals surface area contributed by atoms with Gasteiger partial charge in [-0.1, -0.05) is 0 Å². The highest BCUT2D eigenvalue weighted by molar-refractivity contribution is 5.03. The van der Waals surface area contributed by atoms with Gasteiger partial charge in [0, 0.05) is 18.9 Å². The van der Waals surface area contributed by atoms with E-state index in [2.05, 4.69) is 17.4 Å². The van der Waals surface area contributed by atoms with Crippen molar-refractivity contribution in [2.75, 3.05) is 7.05 Å². The Hall–Kier alpha value is -0.700. The standard InChI is InChI=1S/C6H12N3/c1-3-4-6-5-7-8-9(6)2/h3,5,7-8H,4H2,1-2H3/q-1. The van der Waals surface area contributed by atoms with E-state index in [0.29, 0.717) is 0 Å². The van der Waals surface area contributed by atoms with Gasteiger partial charge in [0.15, 0.2) is 0 Å². The predicted molar refractivity (Wildman–Crippen MR) is 36.7 cm³/mol. The molecule has 0 aromatic rings. The molecule has 0 aliphatic carbocycles. The number of rotatable bonds is 2. The summed E-state index contributed by atoms with van der Waals surface area (Å²) in [7, 11) is 1.98. The van der Waals surface area contributed by atoms with Crippen LogP contribution in [0.5, 0.6) is 0 Å². The summed E-state index contributed by atoms with van der Waals surface area (Å²) >= 11 is 0. The summed E-state index contributed by atoms with van der Waals surface area (Å²) in [5, 5.41) is 1.96. The average Bonchev–Trinajstić information content (AvgIpc) is 2.18. The molecular weight excluding hydrogens is 114 g/mol. The van der Waals surface area contributed by atoms with Crippen LogP contribution in [0.1, 0.15) is 13.3 Å². The van der Waals surface area contributed by atoms with Crippen LogP contribution in [-0.4, -0.2) is 12.1 Å². The molecule has 1 heterocycles. The molecule has 3 nitrogen and oxygen atoms in total. The van der Waals surface area contributed by atoms with Crippen molar-refractivity contribution in [2.45, 2.75) is 13.3 Å². The third-order valence-electron chi connectivity index (χ3n) is 1.32. The maximum absolute atomic E-state index is 2.93. The van der Waals surface area contributed by atoms with Crippen molar-refractivity contribution in [3.8, 4) is 0 Å². The lowest BCUT2D eigenvalue weighted by molar-refractivity contribution is 0.301. The Morgan fingerprint density at radius 1 is 1.78 bits per heavy atom. The lowest BCUT2D eigenvalue weighted by Crippen LogP contribution is -2.33. The molecule has 9 heavy (non-hydrogen) atoms. The summed E-state index contributed by atoms with van der Waals surface area (Å²) in [6.45, 7) is 2.05. The molecule has 1 rings (SSSR count). The second-order valence-corrected chi connectivity index (χ2v) is 2.06. The van der Waals surface area contributed by atoms with E-state index in [0.717, 1.165) is 6.42 Å². The molecule has 0 bridgehead atoms. The molecule has 3 heteroatoms. The summed E-state index contributed by atoms with van der Waals surface area (Å²) in [5.74, 6) is 0. The number of nitrogens with one attached hydrogen (secondary N) is 2. The fraction of sp³-hybridized carbons (Fsp3) is 0.500. The van der Waals surface area contributed by atoms with E-state index < -0.39 is 0 Å². The van der Waals surface area contributed by atoms with E-state index in [9.17, 15) is 0 Å². The van der Waals surface area contributed by atoms with Gasteiger partial charge in [0.2, 0.25) is 0 Å². The van der Waals surface area contributed by atoms with Crippen LogP contribution < -0.4 is 11.0 Å². The Balaban J connectivity index is 2.38. The van der Waals surface area contributed by atoms with Gasteiger partial charge in [0.25, 0.3) is 0 Å². The molecule has 0 unspecified atom stereocenters. The van der Waals surface area contributed by atoms with E-state index in [4.69, 9.17) is 0 Å². The molecule has 0 spiro atoms. The number of allylic oxidation sites excluding steroid dienone is 1. The zero-order chi connectivity index (χ0) is 6.69. The van der Waals surface area contributed by atoms with Crippen LogP contribution in [-0.2, 0) is 0 Å². The van der Waals surface area contributed by atoms with E-state index in [-0.39, 0.29) is 0 Å². The van der Waals surface area contributed by atoms with Crippen molar-refractivity contribution in [2.24, 2.45) is 0 Å². The minimum atomic E-state index is 1.01. The molecule has 0 radical (unpaired) electrons. The maximum Gasteiger partial charge on any atom is 0.0323 e. The van der Waals surface area contributed by atoms with Crippen LogP contribution in [0.15, 0.2) is 11.9 Å². The highest BCUT2D eigenvalue weighted by Gasteiger charge is 2.02. The van der Waals surface area contributed by atoms with Crippen molar-refractivity contribution in [1.82, 2.24) is 16.0 Å². The fourth-order valence-electron chi connectivity index (χ4n) is 0.786. The Kier molecular flexibility index (Phi) is 1.95. The first kappa shape index (κ1) is 6.42. The maximum atomic E-state index is 2.93. The number of nitrogens with zero attached hydrogens (tertiary/aromatic N) is 1. The first-order chi connectivity index (χ1) is 4.34. The third-order valence-corrected chi connectivity index (χ3v) is 1.32. The van der Waals surface area contributed by atoms with Crippen LogP contribution in [0.3, 0.4) is 0 Å². The average molecular weight is 126 g/mol. The van der Waals surface area contributed by atoms with Gasteiger partial charge in [0.05, 0.1) is 0 Å². The van der Waals surface area contributed by atoms with Gasteiger partial charge in [-0.3, -0.25) is 5.01 Å². The van der Waals surface area contributed by atoms with Crippen molar-refractivity contribution in [3.63, 3.8) is 0 Å². The second kappa shape index (κ2) is 2.73. The molecular formula is C6H12N3-. The van der Waals surface area contributed by atoms with E-state index in [1.54, 1.807) is 0 Å². The lowest BCUT2D eigenvalue weighted by Gasteiger charge is -2.16. The van der Waals surface area contributed by atoms with E-state index >= 15 is 0 Å². The summed E-state index contributed by atoms with van der Waals surface area (Å²) < 4.78 is 0. The van der Waals surface area contributed by atoms with Crippen LogP contribution in [0, 0.1) is 6.42 Å². The molecule has 1 aliphatic rings. The third kappa shape index (κ3) is 1.36. The largest absolute Gasteiger partial charge is 0.326 e. The van der Waals surface area contributed by atoms with Crippen LogP contribution in [0.25, 0.3) is 0 Å². The monoisotopic (exact) mass is 126 g/mol. The lowest BCUT2D eigenvalue weighted by atomic mass is 10.3. The van der Waals surface area contributed by atoms with Gasteiger partial charge < -0.3 is 11.8 Å². The van der Waals surface area contributed by atoms with Gasteiger partial charge in [-0.15, -0.1) is 12.0 Å². The summed E-state index contributed by atoms with van der Waals surface area (Å²) in [6, 6.07) is 0. The normalized spacial score (nSPS) is 17.6. The molecule has 0 saturated heterocycles. The van der Waals surface area contributed by atoms with Gasteiger partial charge >= 0.3 is 0 Å². The molecule has 2 N–H and O–H groups in total. The smallest absolute Gasteiger partial charge is 0.0323 e. The Bertz CT molecular complexity index is 119. The van der Waals surface area contributed by atoms with Gasteiger partial charge in [-0.2, -0.15) is 6.92 Å². The summed E-state index contributed by atoms with van der Waals surface area (Å²) in [4.78, 5) is 0. The van der Waals surface area contributed by atoms with E-state index in [1.807, 2.05) is 25.2 Å². The van der Waals surface area contributed by atoms with Crippen LogP contribution in [0.2, 0.25) is 0 Å². The zero-order valence-corrected chi connectivity index (χ0v) is 5.81. The minimum Gasteiger partial charge on any atom is -0.326 e.